The molecule has 1 saturated heterocycles. The van der Waals surface area contributed by atoms with Gasteiger partial charge >= 0.3 is 6.03 Å². The molecule has 4 atom stereocenters. The standard InChI is InChI=1S/C14H22N2O2/c17-13-7-6-10-8-16(9-12(10)13)14(18)15-11-4-2-1-3-5-11/h1-2,10-13,17H,3-9H2,(H,15,18). The van der Waals surface area contributed by atoms with Crippen LogP contribution in [0, 0.1) is 11.8 Å². The monoisotopic (exact) mass is 250 g/mol. The zero-order valence-corrected chi connectivity index (χ0v) is 10.7. The van der Waals surface area contributed by atoms with E-state index in [0.29, 0.717) is 17.9 Å². The first kappa shape index (κ1) is 12.0. The van der Waals surface area contributed by atoms with Gasteiger partial charge in [0.2, 0.25) is 0 Å². The average molecular weight is 250 g/mol. The molecule has 3 aliphatic rings. The molecule has 0 spiro atoms. The zero-order valence-electron chi connectivity index (χ0n) is 10.7. The molecule has 1 heterocycles. The topological polar surface area (TPSA) is 52.6 Å². The molecule has 1 saturated carbocycles. The van der Waals surface area contributed by atoms with Gasteiger partial charge in [-0.25, -0.2) is 4.79 Å². The molecule has 0 aromatic rings. The Kier molecular flexibility index (Phi) is 3.29. The number of rotatable bonds is 1. The Morgan fingerprint density at radius 3 is 2.83 bits per heavy atom. The van der Waals surface area contributed by atoms with Gasteiger partial charge in [-0.2, -0.15) is 0 Å². The molecule has 4 unspecified atom stereocenters. The van der Waals surface area contributed by atoms with E-state index >= 15 is 0 Å². The highest BCUT2D eigenvalue weighted by Gasteiger charge is 2.43. The fraction of sp³-hybridized carbons (Fsp3) is 0.786. The number of urea groups is 1. The summed E-state index contributed by atoms with van der Waals surface area (Å²) < 4.78 is 0. The quantitative estimate of drug-likeness (QED) is 0.693. The summed E-state index contributed by atoms with van der Waals surface area (Å²) in [6.07, 6.45) is 9.19. The van der Waals surface area contributed by atoms with Crippen LogP contribution in [0.5, 0.6) is 0 Å². The molecule has 1 aliphatic heterocycles. The van der Waals surface area contributed by atoms with Gasteiger partial charge in [0.25, 0.3) is 0 Å². The summed E-state index contributed by atoms with van der Waals surface area (Å²) in [5, 5.41) is 13.0. The fourth-order valence-corrected chi connectivity index (χ4v) is 3.59. The molecule has 2 aliphatic carbocycles. The number of fused-ring (bicyclic) bond motifs is 1. The number of carbonyl (C=O) groups excluding carboxylic acids is 1. The van der Waals surface area contributed by atoms with Gasteiger partial charge in [0, 0.05) is 25.0 Å². The Bertz CT molecular complexity index is 356. The molecule has 0 bridgehead atoms. The molecular weight excluding hydrogens is 228 g/mol. The predicted octanol–water partition coefficient (Wildman–Crippen LogP) is 1.51. The Labute approximate surface area is 108 Å². The van der Waals surface area contributed by atoms with Crippen LogP contribution in [0.15, 0.2) is 12.2 Å². The van der Waals surface area contributed by atoms with E-state index in [1.807, 2.05) is 4.90 Å². The highest BCUT2D eigenvalue weighted by Crippen LogP contribution is 2.38. The number of nitrogens with one attached hydrogen (secondary N) is 1. The van der Waals surface area contributed by atoms with Crippen LogP contribution < -0.4 is 5.32 Å². The lowest BCUT2D eigenvalue weighted by molar-refractivity contribution is 0.125. The zero-order chi connectivity index (χ0) is 12.5. The SMILES string of the molecule is O=C(NC1CC=CCC1)N1CC2CCC(O)C2C1. The van der Waals surface area contributed by atoms with Crippen LogP contribution in [-0.2, 0) is 0 Å². The third-order valence-corrected chi connectivity index (χ3v) is 4.70. The van der Waals surface area contributed by atoms with Crippen LogP contribution in [0.3, 0.4) is 0 Å². The van der Waals surface area contributed by atoms with Gasteiger partial charge in [-0.15, -0.1) is 0 Å². The lowest BCUT2D eigenvalue weighted by atomic mass is 10.00. The number of allylic oxidation sites excluding steroid dienone is 1. The summed E-state index contributed by atoms with van der Waals surface area (Å²) in [6.45, 7) is 1.57. The van der Waals surface area contributed by atoms with E-state index in [0.717, 1.165) is 45.2 Å². The molecule has 0 aromatic carbocycles. The Morgan fingerprint density at radius 1 is 1.22 bits per heavy atom. The number of carbonyl (C=O) groups is 1. The van der Waals surface area contributed by atoms with Gasteiger partial charge in [-0.3, -0.25) is 0 Å². The van der Waals surface area contributed by atoms with Crippen molar-refractivity contribution in [2.45, 2.75) is 44.2 Å². The van der Waals surface area contributed by atoms with Crippen LogP contribution in [0.1, 0.15) is 32.1 Å². The van der Waals surface area contributed by atoms with E-state index in [1.165, 1.54) is 0 Å². The number of aliphatic hydroxyl groups is 1. The van der Waals surface area contributed by atoms with E-state index in [2.05, 4.69) is 17.5 Å². The maximum atomic E-state index is 12.2. The van der Waals surface area contributed by atoms with E-state index in [9.17, 15) is 9.90 Å². The second-order valence-corrected chi connectivity index (χ2v) is 5.90. The third kappa shape index (κ3) is 2.26. The fourth-order valence-electron chi connectivity index (χ4n) is 3.59. The molecule has 2 fully saturated rings. The van der Waals surface area contributed by atoms with Crippen molar-refractivity contribution in [3.63, 3.8) is 0 Å². The number of aliphatic hydroxyl groups excluding tert-OH is 1. The van der Waals surface area contributed by atoms with Gasteiger partial charge in [-0.05, 0) is 38.0 Å². The highest BCUT2D eigenvalue weighted by molar-refractivity contribution is 5.75. The van der Waals surface area contributed by atoms with Gasteiger partial charge in [0.15, 0.2) is 0 Å². The largest absolute Gasteiger partial charge is 0.393 e. The molecule has 3 rings (SSSR count). The lowest BCUT2D eigenvalue weighted by Gasteiger charge is -2.24. The normalized spacial score (nSPS) is 38.8. The molecule has 0 radical (unpaired) electrons. The van der Waals surface area contributed by atoms with Crippen molar-refractivity contribution in [2.75, 3.05) is 13.1 Å². The molecule has 4 nitrogen and oxygen atoms in total. The maximum Gasteiger partial charge on any atom is 0.317 e. The molecule has 4 heteroatoms. The van der Waals surface area contributed by atoms with Crippen LogP contribution >= 0.6 is 0 Å². The van der Waals surface area contributed by atoms with Crippen LogP contribution in [0.25, 0.3) is 0 Å². The first-order valence-electron chi connectivity index (χ1n) is 7.12. The Morgan fingerprint density at radius 2 is 2.11 bits per heavy atom. The van der Waals surface area contributed by atoms with Crippen LogP contribution in [0.4, 0.5) is 4.79 Å². The Hall–Kier alpha value is -1.03. The number of hydrogen-bond acceptors (Lipinski definition) is 2. The minimum absolute atomic E-state index is 0.0666. The first-order valence-corrected chi connectivity index (χ1v) is 7.12. The molecule has 18 heavy (non-hydrogen) atoms. The van der Waals surface area contributed by atoms with E-state index in [4.69, 9.17) is 0 Å². The number of hydrogen-bond donors (Lipinski definition) is 2. The molecule has 0 aromatic heterocycles. The number of nitrogens with zero attached hydrogens (tertiary/aromatic N) is 1. The van der Waals surface area contributed by atoms with E-state index in [1.54, 1.807) is 0 Å². The summed E-state index contributed by atoms with van der Waals surface area (Å²) in [7, 11) is 0. The lowest BCUT2D eigenvalue weighted by Crippen LogP contribution is -2.44. The molecular formula is C14H22N2O2. The maximum absolute atomic E-state index is 12.2. The highest BCUT2D eigenvalue weighted by atomic mass is 16.3. The predicted molar refractivity (Wildman–Crippen MR) is 69.1 cm³/mol. The van der Waals surface area contributed by atoms with Crippen molar-refractivity contribution in [1.82, 2.24) is 10.2 Å². The van der Waals surface area contributed by atoms with Crippen molar-refractivity contribution < 1.29 is 9.90 Å². The van der Waals surface area contributed by atoms with Gasteiger partial charge in [-0.1, -0.05) is 12.2 Å². The second-order valence-electron chi connectivity index (χ2n) is 5.90. The smallest absolute Gasteiger partial charge is 0.317 e. The summed E-state index contributed by atoms with van der Waals surface area (Å²) in [6, 6.07) is 0.366. The van der Waals surface area contributed by atoms with Crippen LogP contribution in [0.2, 0.25) is 0 Å². The van der Waals surface area contributed by atoms with Gasteiger partial charge < -0.3 is 15.3 Å². The third-order valence-electron chi connectivity index (χ3n) is 4.70. The van der Waals surface area contributed by atoms with Crippen molar-refractivity contribution in [2.24, 2.45) is 11.8 Å². The summed E-state index contributed by atoms with van der Waals surface area (Å²) in [5.41, 5.74) is 0. The molecule has 100 valence electrons. The summed E-state index contributed by atoms with van der Waals surface area (Å²) in [4.78, 5) is 14.1. The number of likely N-dealkylation sites (tertiary alicyclic amines) is 1. The second kappa shape index (κ2) is 4.92. The van der Waals surface area contributed by atoms with Crippen LogP contribution in [-0.4, -0.2) is 41.3 Å². The van der Waals surface area contributed by atoms with Crippen molar-refractivity contribution in [1.29, 1.82) is 0 Å². The van der Waals surface area contributed by atoms with E-state index < -0.39 is 0 Å². The van der Waals surface area contributed by atoms with Crippen molar-refractivity contribution in [3.8, 4) is 0 Å². The Balaban J connectivity index is 1.53. The first-order chi connectivity index (χ1) is 8.74. The number of amides is 2. The molecule has 2 N–H and O–H groups in total. The van der Waals surface area contributed by atoms with Gasteiger partial charge in [0.05, 0.1) is 6.10 Å². The molecule has 2 amide bonds. The van der Waals surface area contributed by atoms with Crippen molar-refractivity contribution >= 4 is 6.03 Å². The van der Waals surface area contributed by atoms with Crippen molar-refractivity contribution in [3.05, 3.63) is 12.2 Å². The van der Waals surface area contributed by atoms with Gasteiger partial charge in [0.1, 0.15) is 0 Å². The summed E-state index contributed by atoms with van der Waals surface area (Å²) in [5.74, 6) is 0.846. The minimum Gasteiger partial charge on any atom is -0.393 e. The average Bonchev–Trinajstić information content (AvgIpc) is 2.93. The summed E-state index contributed by atoms with van der Waals surface area (Å²) >= 11 is 0. The minimum atomic E-state index is -0.189. The van der Waals surface area contributed by atoms with E-state index in [-0.39, 0.29) is 12.1 Å².